The van der Waals surface area contributed by atoms with Gasteiger partial charge in [0.05, 0.1) is 5.92 Å². The summed E-state index contributed by atoms with van der Waals surface area (Å²) in [6.07, 6.45) is -2.79. The molecule has 4 rings (SSSR count). The quantitative estimate of drug-likeness (QED) is 0.739. The van der Waals surface area contributed by atoms with E-state index in [0.717, 1.165) is 4.90 Å². The third-order valence-corrected chi connectivity index (χ3v) is 6.12. The summed E-state index contributed by atoms with van der Waals surface area (Å²) in [6, 6.07) is 0. The summed E-state index contributed by atoms with van der Waals surface area (Å²) >= 11 is 0. The average Bonchev–Trinajstić information content (AvgIpc) is 3.33. The van der Waals surface area contributed by atoms with E-state index in [1.54, 1.807) is 0 Å². The summed E-state index contributed by atoms with van der Waals surface area (Å²) in [5, 5.41) is 19.3. The number of amides is 2. The van der Waals surface area contributed by atoms with Gasteiger partial charge in [-0.05, 0) is 12.8 Å². The Balaban J connectivity index is 1.51. The highest BCUT2D eigenvalue weighted by atomic mass is 19.4. The highest BCUT2D eigenvalue weighted by Gasteiger charge is 2.71. The largest absolute Gasteiger partial charge is 0.492 e. The Morgan fingerprint density at radius 1 is 1.07 bits per heavy atom. The SMILES string of the molecule is O=C(O)[C@@H]1CN(C(=O)c2nccnc2O)CC12CN(C(=O)C1(C(F)(F)F)CC1)C2. The van der Waals surface area contributed by atoms with E-state index in [9.17, 15) is 37.8 Å². The first-order chi connectivity index (χ1) is 13.5. The van der Waals surface area contributed by atoms with Crippen molar-refractivity contribution in [3.63, 3.8) is 0 Å². The number of hydrogen-bond donors (Lipinski definition) is 2. The highest BCUT2D eigenvalue weighted by molar-refractivity contribution is 5.95. The van der Waals surface area contributed by atoms with Crippen molar-refractivity contribution in [3.8, 4) is 5.88 Å². The van der Waals surface area contributed by atoms with Crippen LogP contribution in [0.1, 0.15) is 23.3 Å². The van der Waals surface area contributed by atoms with Crippen molar-refractivity contribution in [2.24, 2.45) is 16.7 Å². The molecule has 0 unspecified atom stereocenters. The summed E-state index contributed by atoms with van der Waals surface area (Å²) in [5.41, 5.74) is -3.72. The van der Waals surface area contributed by atoms with E-state index in [-0.39, 0.29) is 44.7 Å². The van der Waals surface area contributed by atoms with Gasteiger partial charge >= 0.3 is 12.1 Å². The number of carboxylic acid groups (broad SMARTS) is 1. The van der Waals surface area contributed by atoms with Crippen molar-refractivity contribution < 1.29 is 37.8 Å². The Kier molecular flexibility index (Phi) is 4.04. The van der Waals surface area contributed by atoms with Gasteiger partial charge in [0.25, 0.3) is 5.91 Å². The smallest absolute Gasteiger partial charge is 0.403 e. The molecule has 3 aliphatic rings. The first-order valence-corrected chi connectivity index (χ1v) is 8.89. The molecular formula is C17H17F3N4O5. The Bertz CT molecular complexity index is 895. The molecule has 156 valence electrons. The van der Waals surface area contributed by atoms with Gasteiger partial charge in [0.2, 0.25) is 11.8 Å². The van der Waals surface area contributed by atoms with Crippen molar-refractivity contribution in [2.45, 2.75) is 19.0 Å². The number of carbonyl (C=O) groups is 3. The lowest BCUT2D eigenvalue weighted by Crippen LogP contribution is -2.65. The van der Waals surface area contributed by atoms with Crippen LogP contribution >= 0.6 is 0 Å². The molecule has 1 saturated carbocycles. The lowest BCUT2D eigenvalue weighted by atomic mass is 9.71. The van der Waals surface area contributed by atoms with E-state index in [4.69, 9.17) is 0 Å². The zero-order valence-corrected chi connectivity index (χ0v) is 15.0. The van der Waals surface area contributed by atoms with E-state index in [0.29, 0.717) is 0 Å². The molecule has 2 saturated heterocycles. The molecule has 1 aromatic rings. The maximum Gasteiger partial charge on any atom is 0.403 e. The molecule has 0 aromatic carbocycles. The first kappa shape index (κ1) is 19.4. The summed E-state index contributed by atoms with van der Waals surface area (Å²) in [7, 11) is 0. The maximum atomic E-state index is 13.2. The van der Waals surface area contributed by atoms with E-state index < -0.39 is 46.6 Å². The molecular weight excluding hydrogens is 397 g/mol. The van der Waals surface area contributed by atoms with Gasteiger partial charge in [0, 0.05) is 44.0 Å². The number of aliphatic carboxylic acids is 1. The van der Waals surface area contributed by atoms with Crippen LogP contribution in [-0.2, 0) is 9.59 Å². The third-order valence-electron chi connectivity index (χ3n) is 6.12. The topological polar surface area (TPSA) is 124 Å². The van der Waals surface area contributed by atoms with Crippen LogP contribution in [0.25, 0.3) is 0 Å². The minimum atomic E-state index is -4.64. The Labute approximate surface area is 162 Å². The molecule has 2 amide bonds. The molecule has 3 fully saturated rings. The van der Waals surface area contributed by atoms with Crippen LogP contribution in [0, 0.1) is 16.7 Å². The monoisotopic (exact) mass is 414 g/mol. The van der Waals surface area contributed by atoms with Gasteiger partial charge in [-0.15, -0.1) is 0 Å². The second-order valence-electron chi connectivity index (χ2n) is 7.91. The van der Waals surface area contributed by atoms with Crippen molar-refractivity contribution in [1.82, 2.24) is 19.8 Å². The van der Waals surface area contributed by atoms with E-state index in [1.165, 1.54) is 17.3 Å². The minimum Gasteiger partial charge on any atom is -0.492 e. The average molecular weight is 414 g/mol. The van der Waals surface area contributed by atoms with Crippen LogP contribution in [0.4, 0.5) is 13.2 Å². The maximum absolute atomic E-state index is 13.2. The van der Waals surface area contributed by atoms with Crippen LogP contribution in [0.5, 0.6) is 5.88 Å². The minimum absolute atomic E-state index is 0.0678. The van der Waals surface area contributed by atoms with Crippen molar-refractivity contribution >= 4 is 17.8 Å². The third kappa shape index (κ3) is 2.80. The van der Waals surface area contributed by atoms with Crippen LogP contribution in [0.3, 0.4) is 0 Å². The molecule has 1 aromatic heterocycles. The molecule has 1 spiro atoms. The van der Waals surface area contributed by atoms with Gasteiger partial charge in [0.15, 0.2) is 5.69 Å². The number of halogens is 3. The number of aromatic hydroxyl groups is 1. The number of hydrogen-bond acceptors (Lipinski definition) is 6. The molecule has 0 bridgehead atoms. The van der Waals surface area contributed by atoms with Crippen molar-refractivity contribution in [1.29, 1.82) is 0 Å². The Morgan fingerprint density at radius 3 is 2.17 bits per heavy atom. The lowest BCUT2D eigenvalue weighted by molar-refractivity contribution is -0.206. The highest BCUT2D eigenvalue weighted by Crippen LogP contribution is 2.60. The zero-order chi connectivity index (χ0) is 21.2. The number of aromatic nitrogens is 2. The van der Waals surface area contributed by atoms with Gasteiger partial charge < -0.3 is 20.0 Å². The molecule has 0 radical (unpaired) electrons. The van der Waals surface area contributed by atoms with Gasteiger partial charge in [0.1, 0.15) is 5.41 Å². The number of carbonyl (C=O) groups excluding carboxylic acids is 2. The first-order valence-electron chi connectivity index (χ1n) is 8.89. The van der Waals surface area contributed by atoms with Crippen LogP contribution < -0.4 is 0 Å². The molecule has 9 nitrogen and oxygen atoms in total. The second-order valence-corrected chi connectivity index (χ2v) is 7.91. The Hall–Kier alpha value is -2.92. The molecule has 12 heteroatoms. The standard InChI is InChI=1S/C17H17F3N4O5/c18-17(19,20)16(1-2-16)14(29)24-7-15(8-24)6-23(5-9(15)13(27)28)12(26)10-11(25)22-4-3-21-10/h3-4,9H,1-2,5-8H2,(H,22,25)(H,27,28)/t9-/m0/s1. The predicted octanol–water partition coefficient (Wildman–Crippen LogP) is 0.510. The number of likely N-dealkylation sites (tertiary alicyclic amines) is 2. The summed E-state index contributed by atoms with van der Waals surface area (Å²) in [4.78, 5) is 46.3. The van der Waals surface area contributed by atoms with Crippen LogP contribution in [-0.4, -0.2) is 80.1 Å². The van der Waals surface area contributed by atoms with Crippen molar-refractivity contribution in [2.75, 3.05) is 26.2 Å². The fraction of sp³-hybridized carbons (Fsp3) is 0.588. The molecule has 1 aliphatic carbocycles. The second kappa shape index (κ2) is 6.04. The van der Waals surface area contributed by atoms with E-state index in [2.05, 4.69) is 9.97 Å². The lowest BCUT2D eigenvalue weighted by Gasteiger charge is -2.50. The molecule has 3 heterocycles. The molecule has 29 heavy (non-hydrogen) atoms. The normalized spacial score (nSPS) is 24.3. The summed E-state index contributed by atoms with van der Waals surface area (Å²) in [6.45, 7) is -0.605. The molecule has 1 atom stereocenters. The van der Waals surface area contributed by atoms with E-state index in [1.807, 2.05) is 0 Å². The molecule has 2 N–H and O–H groups in total. The fourth-order valence-electron chi connectivity index (χ4n) is 4.32. The van der Waals surface area contributed by atoms with E-state index >= 15 is 0 Å². The van der Waals surface area contributed by atoms with Gasteiger partial charge in [-0.2, -0.15) is 13.2 Å². The van der Waals surface area contributed by atoms with Crippen LogP contribution in [0.15, 0.2) is 12.4 Å². The number of carboxylic acids is 1. The van der Waals surface area contributed by atoms with Gasteiger partial charge in [-0.25, -0.2) is 9.97 Å². The summed E-state index contributed by atoms with van der Waals surface area (Å²) in [5.74, 6) is -4.60. The number of alkyl halides is 3. The fourth-order valence-corrected chi connectivity index (χ4v) is 4.32. The number of rotatable bonds is 3. The Morgan fingerprint density at radius 2 is 1.66 bits per heavy atom. The predicted molar refractivity (Wildman–Crippen MR) is 87.5 cm³/mol. The van der Waals surface area contributed by atoms with Crippen LogP contribution in [0.2, 0.25) is 0 Å². The molecule has 2 aliphatic heterocycles. The summed E-state index contributed by atoms with van der Waals surface area (Å²) < 4.78 is 39.6. The zero-order valence-electron chi connectivity index (χ0n) is 15.0. The van der Waals surface area contributed by atoms with Crippen molar-refractivity contribution in [3.05, 3.63) is 18.1 Å². The van der Waals surface area contributed by atoms with Gasteiger partial charge in [-0.3, -0.25) is 14.4 Å². The van der Waals surface area contributed by atoms with Gasteiger partial charge in [-0.1, -0.05) is 0 Å². The number of nitrogens with zero attached hydrogens (tertiary/aromatic N) is 4.